The molecule has 9 heteroatoms. The van der Waals surface area contributed by atoms with E-state index in [-0.39, 0.29) is 11.0 Å². The second kappa shape index (κ2) is 8.45. The summed E-state index contributed by atoms with van der Waals surface area (Å²) in [6, 6.07) is 3.45. The summed E-state index contributed by atoms with van der Waals surface area (Å²) in [6.45, 7) is 11.9. The van der Waals surface area contributed by atoms with E-state index in [1.807, 2.05) is 6.07 Å². The summed E-state index contributed by atoms with van der Waals surface area (Å²) in [5.41, 5.74) is 0.834. The quantitative estimate of drug-likeness (QED) is 0.735. The molecule has 1 aliphatic rings. The fourth-order valence-electron chi connectivity index (χ4n) is 2.97. The van der Waals surface area contributed by atoms with Gasteiger partial charge < -0.3 is 9.64 Å². The van der Waals surface area contributed by atoms with Gasteiger partial charge in [0.1, 0.15) is 6.61 Å². The van der Waals surface area contributed by atoms with Gasteiger partial charge in [-0.1, -0.05) is 20.8 Å². The molecule has 148 valence electrons. The van der Waals surface area contributed by atoms with Gasteiger partial charge in [-0.05, 0) is 6.07 Å². The van der Waals surface area contributed by atoms with Crippen LogP contribution in [0, 0.1) is 0 Å². The van der Waals surface area contributed by atoms with Gasteiger partial charge in [-0.15, -0.1) is 0 Å². The van der Waals surface area contributed by atoms with Gasteiger partial charge in [-0.2, -0.15) is 9.47 Å². The molecule has 27 heavy (non-hydrogen) atoms. The van der Waals surface area contributed by atoms with Crippen LogP contribution in [0.4, 0.5) is 5.13 Å². The molecule has 0 amide bonds. The summed E-state index contributed by atoms with van der Waals surface area (Å²) in [4.78, 5) is 21.3. The van der Waals surface area contributed by atoms with Crippen molar-refractivity contribution in [2.24, 2.45) is 0 Å². The van der Waals surface area contributed by atoms with Crippen molar-refractivity contribution in [2.45, 2.75) is 39.3 Å². The molecule has 0 N–H and O–H groups in total. The molecule has 0 spiro atoms. The molecule has 2 aromatic rings. The van der Waals surface area contributed by atoms with E-state index in [2.05, 4.69) is 45.0 Å². The van der Waals surface area contributed by atoms with E-state index in [1.165, 1.54) is 11.5 Å². The van der Waals surface area contributed by atoms with E-state index < -0.39 is 0 Å². The number of hydrogen-bond donors (Lipinski definition) is 0. The average molecular weight is 393 g/mol. The Hall–Kier alpha value is -1.84. The van der Waals surface area contributed by atoms with Gasteiger partial charge in [0, 0.05) is 62.8 Å². The minimum absolute atomic E-state index is 0.0406. The molecular formula is C18H28N6O2S. The average Bonchev–Trinajstić information content (AvgIpc) is 3.09. The third kappa shape index (κ3) is 5.12. The largest absolute Gasteiger partial charge is 0.377 e. The fraction of sp³-hybridized carbons (Fsp3) is 0.667. The Kier molecular flexibility index (Phi) is 6.23. The number of hydrogen-bond acceptors (Lipinski definition) is 8. The van der Waals surface area contributed by atoms with Crippen LogP contribution in [0.15, 0.2) is 16.9 Å². The van der Waals surface area contributed by atoms with Gasteiger partial charge in [-0.25, -0.2) is 9.67 Å². The summed E-state index contributed by atoms with van der Waals surface area (Å²) in [5.74, 6) is 0.740. The number of rotatable bonds is 6. The van der Waals surface area contributed by atoms with Crippen LogP contribution in [0.3, 0.4) is 0 Å². The van der Waals surface area contributed by atoms with Crippen molar-refractivity contribution in [3.05, 3.63) is 34.0 Å². The summed E-state index contributed by atoms with van der Waals surface area (Å²) < 4.78 is 11.0. The molecule has 2 aromatic heterocycles. The molecule has 3 rings (SSSR count). The zero-order valence-corrected chi connectivity index (χ0v) is 17.3. The Balaban J connectivity index is 1.53. The number of piperazine rings is 1. The van der Waals surface area contributed by atoms with E-state index >= 15 is 0 Å². The van der Waals surface area contributed by atoms with E-state index in [0.29, 0.717) is 13.2 Å². The molecule has 1 fully saturated rings. The van der Waals surface area contributed by atoms with Gasteiger partial charge >= 0.3 is 0 Å². The molecule has 0 aliphatic carbocycles. The molecule has 1 aliphatic heterocycles. The molecule has 3 heterocycles. The lowest BCUT2D eigenvalue weighted by molar-refractivity contribution is 0.179. The third-order valence-electron chi connectivity index (χ3n) is 4.64. The van der Waals surface area contributed by atoms with Crippen molar-refractivity contribution in [3.8, 4) is 0 Å². The van der Waals surface area contributed by atoms with E-state index in [0.717, 1.165) is 49.4 Å². The van der Waals surface area contributed by atoms with Crippen molar-refractivity contribution in [1.29, 1.82) is 0 Å². The minimum atomic E-state index is -0.0650. The SMILES string of the molecule is COCc1nsc(N2CCN(CCn3nc(C(C)(C)C)ccc3=O)CC2)n1. The number of anilines is 1. The third-order valence-corrected chi connectivity index (χ3v) is 5.45. The minimum Gasteiger partial charge on any atom is -0.377 e. The zero-order valence-electron chi connectivity index (χ0n) is 16.5. The van der Waals surface area contributed by atoms with Crippen molar-refractivity contribution in [3.63, 3.8) is 0 Å². The smallest absolute Gasteiger partial charge is 0.266 e. The molecule has 0 aromatic carbocycles. The molecule has 0 bridgehead atoms. The fourth-order valence-corrected chi connectivity index (χ4v) is 3.69. The normalized spacial score (nSPS) is 16.1. The first-order valence-electron chi connectivity index (χ1n) is 9.24. The van der Waals surface area contributed by atoms with Crippen LogP contribution in [0.25, 0.3) is 0 Å². The predicted molar refractivity (Wildman–Crippen MR) is 106 cm³/mol. The highest BCUT2D eigenvalue weighted by Crippen LogP contribution is 2.20. The summed E-state index contributed by atoms with van der Waals surface area (Å²) >= 11 is 1.42. The molecule has 0 unspecified atom stereocenters. The maximum atomic E-state index is 12.1. The number of ether oxygens (including phenoxy) is 1. The summed E-state index contributed by atoms with van der Waals surface area (Å²) in [7, 11) is 1.65. The van der Waals surface area contributed by atoms with Crippen molar-refractivity contribution in [2.75, 3.05) is 44.7 Å². The van der Waals surface area contributed by atoms with Gasteiger partial charge in [-0.3, -0.25) is 9.69 Å². The number of methoxy groups -OCH3 is 1. The summed E-state index contributed by atoms with van der Waals surface area (Å²) in [5, 5.41) is 5.51. The van der Waals surface area contributed by atoms with Crippen LogP contribution < -0.4 is 10.5 Å². The topological polar surface area (TPSA) is 76.4 Å². The van der Waals surface area contributed by atoms with Crippen molar-refractivity contribution >= 4 is 16.7 Å². The Morgan fingerprint density at radius 1 is 1.15 bits per heavy atom. The molecule has 8 nitrogen and oxygen atoms in total. The highest BCUT2D eigenvalue weighted by Gasteiger charge is 2.21. The molecule has 0 radical (unpaired) electrons. The van der Waals surface area contributed by atoms with Crippen LogP contribution in [-0.4, -0.2) is 63.9 Å². The van der Waals surface area contributed by atoms with Gasteiger partial charge in [0.2, 0.25) is 5.13 Å². The Morgan fingerprint density at radius 3 is 2.56 bits per heavy atom. The second-order valence-electron chi connectivity index (χ2n) is 7.78. The first-order chi connectivity index (χ1) is 12.9. The van der Waals surface area contributed by atoms with Crippen molar-refractivity contribution in [1.82, 2.24) is 24.0 Å². The lowest BCUT2D eigenvalue weighted by Gasteiger charge is -2.34. The van der Waals surface area contributed by atoms with Crippen LogP contribution in [-0.2, 0) is 23.3 Å². The molecule has 0 saturated carbocycles. The highest BCUT2D eigenvalue weighted by atomic mass is 32.1. The Labute approximate surface area is 163 Å². The monoisotopic (exact) mass is 392 g/mol. The molecule has 0 atom stereocenters. The maximum Gasteiger partial charge on any atom is 0.266 e. The Morgan fingerprint density at radius 2 is 1.89 bits per heavy atom. The van der Waals surface area contributed by atoms with Gasteiger partial charge in [0.05, 0.1) is 12.2 Å². The molecular weight excluding hydrogens is 364 g/mol. The summed E-state index contributed by atoms with van der Waals surface area (Å²) in [6.07, 6.45) is 0. The first kappa shape index (κ1) is 19.9. The van der Waals surface area contributed by atoms with Gasteiger partial charge in [0.15, 0.2) is 5.82 Å². The lowest BCUT2D eigenvalue weighted by atomic mass is 9.92. The van der Waals surface area contributed by atoms with Crippen LogP contribution in [0.2, 0.25) is 0 Å². The maximum absolute atomic E-state index is 12.1. The standard InChI is InChI=1S/C18H28N6O2S/c1-18(2,3)14-5-6-16(25)24(20-14)12-9-22-7-10-23(11-8-22)17-19-15(13-26-4)21-27-17/h5-6H,7-13H2,1-4H3. The Bertz CT molecular complexity index is 805. The predicted octanol–water partition coefficient (Wildman–Crippen LogP) is 1.36. The van der Waals surface area contributed by atoms with E-state index in [4.69, 9.17) is 4.74 Å². The van der Waals surface area contributed by atoms with E-state index in [9.17, 15) is 4.79 Å². The second-order valence-corrected chi connectivity index (χ2v) is 8.52. The lowest BCUT2D eigenvalue weighted by Crippen LogP contribution is -2.47. The number of aromatic nitrogens is 4. The number of nitrogens with zero attached hydrogens (tertiary/aromatic N) is 6. The molecule has 1 saturated heterocycles. The van der Waals surface area contributed by atoms with Crippen LogP contribution >= 0.6 is 11.5 Å². The van der Waals surface area contributed by atoms with Crippen molar-refractivity contribution < 1.29 is 4.74 Å². The van der Waals surface area contributed by atoms with Crippen LogP contribution in [0.5, 0.6) is 0 Å². The highest BCUT2D eigenvalue weighted by molar-refractivity contribution is 7.09. The first-order valence-corrected chi connectivity index (χ1v) is 10.0. The van der Waals surface area contributed by atoms with Crippen LogP contribution in [0.1, 0.15) is 32.3 Å². The zero-order chi connectivity index (χ0) is 19.4. The van der Waals surface area contributed by atoms with E-state index in [1.54, 1.807) is 17.9 Å². The van der Waals surface area contributed by atoms with Gasteiger partial charge in [0.25, 0.3) is 5.56 Å².